The summed E-state index contributed by atoms with van der Waals surface area (Å²) in [6.07, 6.45) is 8.56. The Balaban J connectivity index is 1.70. The maximum absolute atomic E-state index is 14.3. The van der Waals surface area contributed by atoms with Crippen LogP contribution in [0.1, 0.15) is 90.5 Å². The van der Waals surface area contributed by atoms with E-state index in [4.69, 9.17) is 4.52 Å². The van der Waals surface area contributed by atoms with Gasteiger partial charge in [-0.15, -0.1) is 0 Å². The minimum atomic E-state index is -3.48. The second-order valence-electron chi connectivity index (χ2n) is 11.8. The Kier molecular flexibility index (Phi) is 13.3. The number of Topliss-reactive ketones (excluding diaryl/α,β-unsaturated/α-hetero) is 1. The molecular weight excluding hydrogens is 545 g/mol. The molecule has 1 saturated carbocycles. The lowest BCUT2D eigenvalue weighted by atomic mass is 10.0. The van der Waals surface area contributed by atoms with Crippen LogP contribution < -0.4 is 0 Å². The number of carboxylic acids is 1. The SMILES string of the molecule is CCC(=O)C[C@H](OP(=O)(CCCCc1ccccc1)CC(=O)N1C[C@H](SC2CCCCC2)C[C@H]1C(=O)O)C(C)C. The number of nitrogens with zero attached hydrogens (tertiary/aromatic N) is 1. The van der Waals surface area contributed by atoms with E-state index in [-0.39, 0.29) is 35.7 Å². The van der Waals surface area contributed by atoms with Crippen LogP contribution in [0.3, 0.4) is 0 Å². The van der Waals surface area contributed by atoms with E-state index in [0.29, 0.717) is 31.1 Å². The molecular formula is C31H48NO6PS. The third-order valence-electron chi connectivity index (χ3n) is 8.13. The van der Waals surface area contributed by atoms with Crippen LogP contribution in [0, 0.1) is 5.92 Å². The Morgan fingerprint density at radius 3 is 2.40 bits per heavy atom. The van der Waals surface area contributed by atoms with E-state index in [1.54, 1.807) is 6.92 Å². The van der Waals surface area contributed by atoms with Crippen LogP contribution in [-0.2, 0) is 29.9 Å². The molecule has 4 atom stereocenters. The molecule has 2 fully saturated rings. The quantitative estimate of drug-likeness (QED) is 0.166. The Morgan fingerprint density at radius 1 is 1.07 bits per heavy atom. The Morgan fingerprint density at radius 2 is 1.77 bits per heavy atom. The first kappa shape index (κ1) is 32.9. The first-order valence-corrected chi connectivity index (χ1v) is 18.0. The third-order valence-corrected chi connectivity index (χ3v) is 12.1. The molecule has 1 amide bonds. The summed E-state index contributed by atoms with van der Waals surface area (Å²) in [5.41, 5.74) is 1.20. The average molecular weight is 594 g/mol. The molecule has 7 nitrogen and oxygen atoms in total. The van der Waals surface area contributed by atoms with Crippen molar-refractivity contribution < 1.29 is 28.6 Å². The molecule has 9 heteroatoms. The van der Waals surface area contributed by atoms with Gasteiger partial charge in [-0.3, -0.25) is 14.2 Å². The zero-order valence-electron chi connectivity index (χ0n) is 24.5. The highest BCUT2D eigenvalue weighted by Crippen LogP contribution is 2.51. The monoisotopic (exact) mass is 593 g/mol. The molecule has 0 aromatic heterocycles. The molecule has 1 aromatic rings. The van der Waals surface area contributed by atoms with Crippen LogP contribution in [0.2, 0.25) is 0 Å². The summed E-state index contributed by atoms with van der Waals surface area (Å²) in [5, 5.41) is 10.5. The molecule has 1 N–H and O–H groups in total. The van der Waals surface area contributed by atoms with Gasteiger partial charge in [-0.2, -0.15) is 11.8 Å². The highest BCUT2D eigenvalue weighted by Gasteiger charge is 2.43. The van der Waals surface area contributed by atoms with E-state index >= 15 is 0 Å². The summed E-state index contributed by atoms with van der Waals surface area (Å²) < 4.78 is 20.6. The minimum absolute atomic E-state index is 0.0358. The largest absolute Gasteiger partial charge is 0.480 e. The molecule has 1 aliphatic heterocycles. The van der Waals surface area contributed by atoms with Gasteiger partial charge in [0.2, 0.25) is 13.3 Å². The predicted octanol–water partition coefficient (Wildman–Crippen LogP) is 6.82. The maximum Gasteiger partial charge on any atom is 0.326 e. The smallest absolute Gasteiger partial charge is 0.326 e. The third kappa shape index (κ3) is 10.3. The lowest BCUT2D eigenvalue weighted by Crippen LogP contribution is -2.42. The molecule has 0 spiro atoms. The summed E-state index contributed by atoms with van der Waals surface area (Å²) in [6.45, 7) is 6.03. The van der Waals surface area contributed by atoms with Crippen molar-refractivity contribution in [2.24, 2.45) is 5.92 Å². The fourth-order valence-electron chi connectivity index (χ4n) is 5.68. The number of thioether (sulfide) groups is 1. The van der Waals surface area contributed by atoms with Gasteiger partial charge in [-0.1, -0.05) is 70.4 Å². The molecule has 1 heterocycles. The number of aryl methyl sites for hydroxylation is 1. The zero-order chi connectivity index (χ0) is 29.1. The van der Waals surface area contributed by atoms with Crippen molar-refractivity contribution >= 4 is 36.8 Å². The number of benzene rings is 1. The van der Waals surface area contributed by atoms with Crippen molar-refractivity contribution in [2.45, 2.75) is 114 Å². The number of ketones is 1. The van der Waals surface area contributed by atoms with E-state index in [1.807, 2.05) is 43.8 Å². The van der Waals surface area contributed by atoms with E-state index in [2.05, 4.69) is 12.1 Å². The summed E-state index contributed by atoms with van der Waals surface area (Å²) in [5.74, 6) is -1.42. The van der Waals surface area contributed by atoms with E-state index in [0.717, 1.165) is 25.7 Å². The van der Waals surface area contributed by atoms with E-state index in [1.165, 1.54) is 29.7 Å². The summed E-state index contributed by atoms with van der Waals surface area (Å²) in [4.78, 5) is 39.5. The Hall–Kier alpha value is -1.63. The van der Waals surface area contributed by atoms with Crippen molar-refractivity contribution in [1.82, 2.24) is 4.90 Å². The molecule has 0 bridgehead atoms. The number of carboxylic acid groups (broad SMARTS) is 1. The average Bonchev–Trinajstić information content (AvgIpc) is 3.36. The van der Waals surface area contributed by atoms with E-state index in [9.17, 15) is 24.1 Å². The van der Waals surface area contributed by atoms with Gasteiger partial charge in [0.15, 0.2) is 0 Å². The summed E-state index contributed by atoms with van der Waals surface area (Å²) >= 11 is 1.83. The molecule has 1 saturated heterocycles. The van der Waals surface area contributed by atoms with Crippen LogP contribution >= 0.6 is 19.1 Å². The van der Waals surface area contributed by atoms with Gasteiger partial charge >= 0.3 is 5.97 Å². The van der Waals surface area contributed by atoms with Crippen LogP contribution in [0.25, 0.3) is 0 Å². The second-order valence-corrected chi connectivity index (χ2v) is 16.0. The molecule has 3 rings (SSSR count). The number of rotatable bonds is 16. The number of hydrogen-bond acceptors (Lipinski definition) is 6. The number of carbonyl (C=O) groups excluding carboxylic acids is 2. The molecule has 40 heavy (non-hydrogen) atoms. The number of likely N-dealkylation sites (tertiary alicyclic amines) is 1. The summed E-state index contributed by atoms with van der Waals surface area (Å²) in [7, 11) is -3.48. The van der Waals surface area contributed by atoms with Gasteiger partial charge in [0.25, 0.3) is 0 Å². The number of hydrogen-bond donors (Lipinski definition) is 1. The molecule has 0 radical (unpaired) electrons. The molecule has 1 aliphatic carbocycles. The predicted molar refractivity (Wildman–Crippen MR) is 162 cm³/mol. The first-order valence-electron chi connectivity index (χ1n) is 15.1. The molecule has 224 valence electrons. The Bertz CT molecular complexity index is 1010. The van der Waals surface area contributed by atoms with Crippen LogP contribution in [0.5, 0.6) is 0 Å². The van der Waals surface area contributed by atoms with Gasteiger partial charge in [-0.05, 0) is 50.0 Å². The van der Waals surface area contributed by atoms with Gasteiger partial charge in [-0.25, -0.2) is 4.79 Å². The van der Waals surface area contributed by atoms with Crippen LogP contribution in [-0.4, -0.2) is 69.2 Å². The van der Waals surface area contributed by atoms with Gasteiger partial charge in [0.1, 0.15) is 18.0 Å². The van der Waals surface area contributed by atoms with Gasteiger partial charge < -0.3 is 14.5 Å². The van der Waals surface area contributed by atoms with E-state index < -0.39 is 31.4 Å². The van der Waals surface area contributed by atoms with Gasteiger partial charge in [0, 0.05) is 36.0 Å². The number of aliphatic carboxylic acids is 1. The van der Waals surface area contributed by atoms with Crippen LogP contribution in [0.4, 0.5) is 0 Å². The maximum atomic E-state index is 14.3. The van der Waals surface area contributed by atoms with Crippen molar-refractivity contribution in [1.29, 1.82) is 0 Å². The number of carbonyl (C=O) groups is 3. The van der Waals surface area contributed by atoms with Crippen molar-refractivity contribution in [2.75, 3.05) is 18.9 Å². The standard InChI is InChI=1S/C31H48NO6PS/c1-4-25(33)19-29(23(2)3)38-39(37,18-12-11-15-24-13-7-5-8-14-24)22-30(34)32-21-27(20-28(32)31(35)36)40-26-16-9-6-10-17-26/h5,7-8,13-14,23,26-29H,4,6,9-12,15-22H2,1-3H3,(H,35,36)/t27-,28+,29+,39?/m1/s1. The van der Waals surface area contributed by atoms with Crippen molar-refractivity contribution in [3.05, 3.63) is 35.9 Å². The number of amides is 1. The lowest BCUT2D eigenvalue weighted by Gasteiger charge is -2.29. The fourth-order valence-corrected chi connectivity index (χ4v) is 9.82. The second kappa shape index (κ2) is 16.1. The molecule has 1 aromatic carbocycles. The first-order chi connectivity index (χ1) is 19.1. The summed E-state index contributed by atoms with van der Waals surface area (Å²) in [6, 6.07) is 9.19. The van der Waals surface area contributed by atoms with Crippen molar-refractivity contribution in [3.8, 4) is 0 Å². The molecule has 1 unspecified atom stereocenters. The number of unbranched alkanes of at least 4 members (excludes halogenated alkanes) is 1. The van der Waals surface area contributed by atoms with Crippen molar-refractivity contribution in [3.63, 3.8) is 0 Å². The normalized spacial score (nSPS) is 22.2. The highest BCUT2D eigenvalue weighted by atomic mass is 32.2. The topological polar surface area (TPSA) is 101 Å². The zero-order valence-corrected chi connectivity index (χ0v) is 26.2. The lowest BCUT2D eigenvalue weighted by molar-refractivity contribution is -0.147. The highest BCUT2D eigenvalue weighted by molar-refractivity contribution is 8.00. The fraction of sp³-hybridized carbons (Fsp3) is 0.710. The van der Waals surface area contributed by atoms with Gasteiger partial charge in [0.05, 0.1) is 6.10 Å². The minimum Gasteiger partial charge on any atom is -0.480 e. The van der Waals surface area contributed by atoms with Crippen LogP contribution in [0.15, 0.2) is 30.3 Å². The molecule has 2 aliphatic rings. The Labute approximate surface area is 244 Å².